The summed E-state index contributed by atoms with van der Waals surface area (Å²) in [7, 11) is -8.50. The van der Waals surface area contributed by atoms with Crippen molar-refractivity contribution >= 4 is 54.7 Å². The monoisotopic (exact) mass is 829 g/mol. The summed E-state index contributed by atoms with van der Waals surface area (Å²) in [6, 6.07) is 4.49. The van der Waals surface area contributed by atoms with Gasteiger partial charge in [0.2, 0.25) is 0 Å². The molecule has 53 heavy (non-hydrogen) atoms. The molecule has 292 valence electrons. The van der Waals surface area contributed by atoms with Gasteiger partial charge >= 0.3 is 27.3 Å². The van der Waals surface area contributed by atoms with Gasteiger partial charge in [-0.3, -0.25) is 38.3 Å². The summed E-state index contributed by atoms with van der Waals surface area (Å²) in [5.74, 6) is -2.67. The summed E-state index contributed by atoms with van der Waals surface area (Å²) >= 11 is 0. The number of phosphoric ester groups is 2. The van der Waals surface area contributed by atoms with Gasteiger partial charge in [0.15, 0.2) is 12.0 Å². The highest BCUT2D eigenvalue weighted by Crippen LogP contribution is 2.60. The van der Waals surface area contributed by atoms with Gasteiger partial charge in [0, 0.05) is 28.6 Å². The fraction of sp³-hybridized carbons (Fsp3) is 0.481. The average molecular weight is 830 g/mol. The maximum atomic E-state index is 12.7. The van der Waals surface area contributed by atoms with Gasteiger partial charge in [-0.05, 0) is 38.3 Å². The summed E-state index contributed by atoms with van der Waals surface area (Å²) in [4.78, 5) is 79.8. The molecule has 0 saturated carbocycles. The number of nitrogens with zero attached hydrogens (tertiary/aromatic N) is 2. The van der Waals surface area contributed by atoms with Crippen molar-refractivity contribution in [2.45, 2.75) is 67.8 Å². The molecule has 3 heterocycles. The highest BCUT2D eigenvalue weighted by molar-refractivity contribution is 8.77. The number of nitro groups is 1. The number of benzene rings is 1. The Labute approximate surface area is 305 Å². The zero-order chi connectivity index (χ0) is 39.2. The van der Waals surface area contributed by atoms with Crippen LogP contribution in [0.25, 0.3) is 0 Å². The molecular weight excluding hydrogens is 796 g/mol. The van der Waals surface area contributed by atoms with Crippen molar-refractivity contribution in [3.63, 3.8) is 0 Å². The Hall–Kier alpha value is -3.22. The Kier molecular flexibility index (Phi) is 14.4. The minimum absolute atomic E-state index is 0.0159. The number of aromatic carboxylic acids is 1. The molecule has 26 heteroatoms. The van der Waals surface area contributed by atoms with Gasteiger partial charge in [-0.15, -0.1) is 0 Å². The fourth-order valence-corrected chi connectivity index (χ4v) is 8.98. The molecule has 2 saturated heterocycles. The lowest BCUT2D eigenvalue weighted by atomic mass is 9.91. The third-order valence-electron chi connectivity index (χ3n) is 7.70. The van der Waals surface area contributed by atoms with E-state index in [1.165, 1.54) is 18.4 Å². The quantitative estimate of drug-likeness (QED) is 0.0390. The van der Waals surface area contributed by atoms with Gasteiger partial charge < -0.3 is 39.7 Å². The number of phosphoric acid groups is 2. The lowest BCUT2D eigenvalue weighted by Crippen LogP contribution is -2.44. The molecule has 0 spiro atoms. The molecule has 4 rings (SSSR count). The van der Waals surface area contributed by atoms with E-state index in [-0.39, 0.29) is 25.0 Å². The molecule has 0 aliphatic carbocycles. The first-order valence-corrected chi connectivity index (χ1v) is 20.4. The molecule has 22 nitrogen and oxygen atoms in total. The van der Waals surface area contributed by atoms with E-state index in [1.54, 1.807) is 0 Å². The number of allylic oxidation sites excluding steroid dienone is 1. The molecule has 0 amide bonds. The Balaban J connectivity index is 1.22. The normalized spacial score (nSPS) is 27.5. The smallest absolute Gasteiger partial charge is 0.481 e. The maximum absolute atomic E-state index is 12.7. The molecule has 1 aromatic carbocycles. The molecule has 7 N–H and O–H groups in total. The van der Waals surface area contributed by atoms with Crippen LogP contribution >= 0.6 is 37.2 Å². The first-order valence-electron chi connectivity index (χ1n) is 15.2. The zero-order valence-corrected chi connectivity index (χ0v) is 30.6. The van der Waals surface area contributed by atoms with Crippen LogP contribution in [0.2, 0.25) is 0 Å². The van der Waals surface area contributed by atoms with E-state index in [9.17, 15) is 68.6 Å². The second-order valence-corrected chi connectivity index (χ2v) is 16.6. The number of nitrogens with one attached hydrogen (secondary N) is 1. The minimum atomic E-state index is -5.35. The molecule has 2 fully saturated rings. The molecule has 0 radical (unpaired) electrons. The highest BCUT2D eigenvalue weighted by Gasteiger charge is 2.46. The number of ketones is 1. The number of ether oxygens (including phenoxy) is 2. The molecule has 9 unspecified atom stereocenters. The zero-order valence-electron chi connectivity index (χ0n) is 27.1. The average Bonchev–Trinajstić information content (AvgIpc) is 3.35. The third-order valence-corrected chi connectivity index (χ3v) is 12.4. The van der Waals surface area contributed by atoms with Gasteiger partial charge in [-0.2, -0.15) is 4.31 Å². The summed E-state index contributed by atoms with van der Waals surface area (Å²) in [6.45, 7) is 0.0393. The molecule has 2 aromatic rings. The van der Waals surface area contributed by atoms with E-state index in [0.29, 0.717) is 4.90 Å². The Bertz CT molecular complexity index is 1940. The summed E-state index contributed by atoms with van der Waals surface area (Å²) in [6.07, 6.45) is -7.87. The molecular formula is C27H33N3O19P2S2. The molecule has 1 aromatic heterocycles. The van der Waals surface area contributed by atoms with Gasteiger partial charge in [0.05, 0.1) is 24.1 Å². The van der Waals surface area contributed by atoms with Crippen molar-refractivity contribution in [3.8, 4) is 0 Å². The topological polar surface area (TPSA) is 334 Å². The highest BCUT2D eigenvalue weighted by atomic mass is 33.1. The number of Topliss-reactive ketones (excluding diaryl/α,β-unsaturated/α-hetero) is 1. The standard InChI is InChI=1S/C27H33N3O19P2S2/c1-13-19(12-52-53-14-5-6-16(30(39)40)15(10-14)26(36)37)47-17(22(33)21(13)32)4-2-3-9-45-50(41,42)49-51(43,44)46-11-18-23(34)24(35)25(48-18)29-8-7-20(31)28-27(29)38/h5-8,10,12-13,17-18,22-25,33-35H,2-4,9,11H2,1H3,(H,36,37)(H,41,42)(H,43,44)(H,28,31,38)/b19-12+. The van der Waals surface area contributed by atoms with E-state index >= 15 is 0 Å². The van der Waals surface area contributed by atoms with Crippen molar-refractivity contribution in [2.75, 3.05) is 13.2 Å². The molecule has 2 aliphatic rings. The van der Waals surface area contributed by atoms with Gasteiger partial charge in [0.1, 0.15) is 41.8 Å². The first-order chi connectivity index (χ1) is 24.8. The fourth-order valence-electron chi connectivity index (χ4n) is 4.99. The van der Waals surface area contributed by atoms with Crippen LogP contribution in [0.3, 0.4) is 0 Å². The van der Waals surface area contributed by atoms with Crippen LogP contribution in [0.15, 0.2) is 56.1 Å². The number of aromatic amines is 1. The van der Waals surface area contributed by atoms with Crippen molar-refractivity contribution < 1.29 is 76.7 Å². The number of aliphatic hydroxyl groups is 3. The van der Waals surface area contributed by atoms with Gasteiger partial charge in [-0.25, -0.2) is 18.7 Å². The van der Waals surface area contributed by atoms with Crippen LogP contribution < -0.4 is 11.2 Å². The van der Waals surface area contributed by atoms with E-state index in [4.69, 9.17) is 14.0 Å². The van der Waals surface area contributed by atoms with Crippen LogP contribution in [0.5, 0.6) is 0 Å². The lowest BCUT2D eigenvalue weighted by Gasteiger charge is -2.33. The number of carboxylic acids is 1. The number of aliphatic hydroxyl groups excluding tert-OH is 3. The molecule has 0 bridgehead atoms. The van der Waals surface area contributed by atoms with E-state index in [2.05, 4.69) is 8.83 Å². The SMILES string of the molecule is CC1C(=O)C(O)C(CCCCOP(=O)(O)OP(=O)(O)OCC2OC(n3ccc(=O)[nH]c3=O)C(O)C2O)O/C1=C/SSc1ccc([N+](=O)[O-])c(C(=O)O)c1. The summed E-state index contributed by atoms with van der Waals surface area (Å²) < 4.78 is 50.1. The Morgan fingerprint density at radius 3 is 2.43 bits per heavy atom. The van der Waals surface area contributed by atoms with Crippen LogP contribution in [0, 0.1) is 16.0 Å². The maximum Gasteiger partial charge on any atom is 0.481 e. The second kappa shape index (κ2) is 17.9. The number of rotatable bonds is 17. The number of aromatic nitrogens is 2. The summed E-state index contributed by atoms with van der Waals surface area (Å²) in [5.41, 5.74) is -2.80. The van der Waals surface area contributed by atoms with Crippen molar-refractivity contribution in [1.29, 1.82) is 0 Å². The number of carbonyl (C=O) groups excluding carboxylic acids is 1. The minimum Gasteiger partial charge on any atom is -0.490 e. The molecule has 9 atom stereocenters. The van der Waals surface area contributed by atoms with Gasteiger partial charge in [-0.1, -0.05) is 21.6 Å². The number of H-pyrrole nitrogens is 1. The number of hydrogen-bond donors (Lipinski definition) is 7. The first kappa shape index (κ1) is 42.5. The van der Waals surface area contributed by atoms with Crippen LogP contribution in [-0.2, 0) is 36.8 Å². The number of carbonyl (C=O) groups is 2. The predicted molar refractivity (Wildman–Crippen MR) is 180 cm³/mol. The second-order valence-electron chi connectivity index (χ2n) is 11.4. The van der Waals surface area contributed by atoms with Gasteiger partial charge in [0.25, 0.3) is 11.2 Å². The third kappa shape index (κ3) is 11.2. The lowest BCUT2D eigenvalue weighted by molar-refractivity contribution is -0.385. The Morgan fingerprint density at radius 1 is 1.08 bits per heavy atom. The molecule has 2 aliphatic heterocycles. The number of unbranched alkanes of at least 4 members (excludes halogenated alkanes) is 1. The number of carboxylic acid groups (broad SMARTS) is 1. The number of nitro benzene ring substituents is 1. The van der Waals surface area contributed by atoms with Crippen LogP contribution in [-0.4, -0.2) is 100 Å². The Morgan fingerprint density at radius 2 is 1.77 bits per heavy atom. The van der Waals surface area contributed by atoms with Crippen LogP contribution in [0.4, 0.5) is 5.69 Å². The van der Waals surface area contributed by atoms with Crippen molar-refractivity contribution in [2.24, 2.45) is 5.92 Å². The largest absolute Gasteiger partial charge is 0.490 e. The van der Waals surface area contributed by atoms with Crippen molar-refractivity contribution in [1.82, 2.24) is 9.55 Å². The van der Waals surface area contributed by atoms with E-state index < -0.39 is 111 Å². The summed E-state index contributed by atoms with van der Waals surface area (Å²) in [5, 5.41) is 52.8. The van der Waals surface area contributed by atoms with Crippen molar-refractivity contribution in [3.05, 3.63) is 78.1 Å². The van der Waals surface area contributed by atoms with E-state index in [0.717, 1.165) is 50.6 Å². The van der Waals surface area contributed by atoms with Crippen LogP contribution in [0.1, 0.15) is 42.8 Å². The number of hydrogen-bond acceptors (Lipinski definition) is 18. The predicted octanol–water partition coefficient (Wildman–Crippen LogP) is 1.43. The van der Waals surface area contributed by atoms with E-state index in [1.807, 2.05) is 4.98 Å².